The predicted molar refractivity (Wildman–Crippen MR) is 79.3 cm³/mol. The van der Waals surface area contributed by atoms with Gasteiger partial charge in [-0.15, -0.1) is 0 Å². The van der Waals surface area contributed by atoms with E-state index in [-0.39, 0.29) is 5.82 Å². The Balaban J connectivity index is 2.10. The highest BCUT2D eigenvalue weighted by Gasteiger charge is 2.06. The van der Waals surface area contributed by atoms with Gasteiger partial charge >= 0.3 is 0 Å². The van der Waals surface area contributed by atoms with Gasteiger partial charge in [0, 0.05) is 12.1 Å². The smallest absolute Gasteiger partial charge is 0.124 e. The third-order valence-corrected chi connectivity index (χ3v) is 3.23. The number of halogens is 1. The number of hydrogen-bond donors (Lipinski definition) is 1. The Hall–Kier alpha value is -1.87. The van der Waals surface area contributed by atoms with Crippen molar-refractivity contribution in [2.24, 2.45) is 0 Å². The molecule has 0 aliphatic carbocycles. The summed E-state index contributed by atoms with van der Waals surface area (Å²) in [4.78, 5) is 0. The molecule has 0 unspecified atom stereocenters. The molecule has 20 heavy (non-hydrogen) atoms. The first-order valence-electron chi connectivity index (χ1n) is 6.87. The lowest BCUT2D eigenvalue weighted by Crippen LogP contribution is -2.13. The number of benzene rings is 2. The van der Waals surface area contributed by atoms with Crippen LogP contribution in [0.25, 0.3) is 0 Å². The number of nitrogens with one attached hydrogen (secondary N) is 1. The average Bonchev–Trinajstić information content (AvgIpc) is 2.45. The van der Waals surface area contributed by atoms with Crippen LogP contribution >= 0.6 is 0 Å². The van der Waals surface area contributed by atoms with E-state index in [1.54, 1.807) is 6.07 Å². The maximum absolute atomic E-state index is 13.3. The molecule has 0 aromatic heterocycles. The molecule has 0 fully saturated rings. The molecule has 2 aromatic rings. The predicted octanol–water partition coefficient (Wildman–Crippen LogP) is 3.82. The van der Waals surface area contributed by atoms with Crippen LogP contribution < -0.4 is 10.1 Å². The Bertz CT molecular complexity index is 569. The van der Waals surface area contributed by atoms with Crippen LogP contribution in [0.4, 0.5) is 4.39 Å². The number of rotatable bonds is 6. The van der Waals surface area contributed by atoms with E-state index in [0.29, 0.717) is 13.2 Å². The van der Waals surface area contributed by atoms with Crippen LogP contribution in [0.1, 0.15) is 23.6 Å². The summed E-state index contributed by atoms with van der Waals surface area (Å²) in [5.41, 5.74) is 3.19. The summed E-state index contributed by atoms with van der Waals surface area (Å²) in [6.45, 7) is 6.03. The van der Waals surface area contributed by atoms with Crippen molar-refractivity contribution >= 4 is 0 Å². The molecule has 0 radical (unpaired) electrons. The second-order valence-corrected chi connectivity index (χ2v) is 4.75. The molecule has 3 heteroatoms. The first-order chi connectivity index (χ1) is 9.70. The van der Waals surface area contributed by atoms with Gasteiger partial charge in [-0.2, -0.15) is 0 Å². The van der Waals surface area contributed by atoms with E-state index in [1.165, 1.54) is 17.7 Å². The van der Waals surface area contributed by atoms with Gasteiger partial charge in [0.05, 0.1) is 0 Å². The van der Waals surface area contributed by atoms with Gasteiger partial charge in [0.1, 0.15) is 18.2 Å². The van der Waals surface area contributed by atoms with Crippen molar-refractivity contribution in [3.05, 3.63) is 65.0 Å². The van der Waals surface area contributed by atoms with Crippen LogP contribution in [0.15, 0.2) is 42.5 Å². The summed E-state index contributed by atoms with van der Waals surface area (Å²) < 4.78 is 19.2. The largest absolute Gasteiger partial charge is 0.489 e. The van der Waals surface area contributed by atoms with Gasteiger partial charge in [0.25, 0.3) is 0 Å². The Labute approximate surface area is 119 Å². The van der Waals surface area contributed by atoms with E-state index in [1.807, 2.05) is 25.1 Å². The molecular weight excluding hydrogens is 253 g/mol. The van der Waals surface area contributed by atoms with Crippen molar-refractivity contribution < 1.29 is 9.13 Å². The van der Waals surface area contributed by atoms with Crippen LogP contribution in [0.2, 0.25) is 0 Å². The van der Waals surface area contributed by atoms with Crippen LogP contribution in [-0.2, 0) is 13.2 Å². The van der Waals surface area contributed by atoms with Crippen molar-refractivity contribution in [3.63, 3.8) is 0 Å². The molecule has 2 aromatic carbocycles. The molecule has 0 aliphatic heterocycles. The first-order valence-corrected chi connectivity index (χ1v) is 6.87. The highest BCUT2D eigenvalue weighted by molar-refractivity contribution is 5.34. The lowest BCUT2D eigenvalue weighted by atomic mass is 10.1. The third kappa shape index (κ3) is 3.81. The van der Waals surface area contributed by atoms with E-state index < -0.39 is 0 Å². The van der Waals surface area contributed by atoms with Crippen molar-refractivity contribution in [2.75, 3.05) is 6.54 Å². The first kappa shape index (κ1) is 14.5. The molecule has 0 heterocycles. The molecule has 0 saturated heterocycles. The summed E-state index contributed by atoms with van der Waals surface area (Å²) in [6.07, 6.45) is 0. The molecule has 0 spiro atoms. The van der Waals surface area contributed by atoms with Gasteiger partial charge in [0.2, 0.25) is 0 Å². The van der Waals surface area contributed by atoms with E-state index in [4.69, 9.17) is 4.74 Å². The fourth-order valence-electron chi connectivity index (χ4n) is 2.01. The molecule has 0 aliphatic rings. The highest BCUT2D eigenvalue weighted by Crippen LogP contribution is 2.21. The minimum atomic E-state index is -0.235. The Morgan fingerprint density at radius 2 is 1.90 bits per heavy atom. The van der Waals surface area contributed by atoms with E-state index in [0.717, 1.165) is 23.4 Å². The quantitative estimate of drug-likeness (QED) is 0.864. The SMILES string of the molecule is CCNCc1cc(F)ccc1OCc1ccccc1C. The maximum atomic E-state index is 13.3. The number of hydrogen-bond acceptors (Lipinski definition) is 2. The molecule has 0 amide bonds. The maximum Gasteiger partial charge on any atom is 0.124 e. The number of ether oxygens (including phenoxy) is 1. The molecule has 0 saturated carbocycles. The summed E-state index contributed by atoms with van der Waals surface area (Å²) in [5, 5.41) is 3.20. The van der Waals surface area contributed by atoms with Gasteiger partial charge in [-0.25, -0.2) is 4.39 Å². The standard InChI is InChI=1S/C17H20FNO/c1-3-19-11-15-10-16(18)8-9-17(15)20-12-14-7-5-4-6-13(14)2/h4-10,19H,3,11-12H2,1-2H3. The summed E-state index contributed by atoms with van der Waals surface area (Å²) >= 11 is 0. The highest BCUT2D eigenvalue weighted by atomic mass is 19.1. The zero-order valence-electron chi connectivity index (χ0n) is 11.9. The monoisotopic (exact) mass is 273 g/mol. The fraction of sp³-hybridized carbons (Fsp3) is 0.294. The molecule has 2 nitrogen and oxygen atoms in total. The summed E-state index contributed by atoms with van der Waals surface area (Å²) in [6, 6.07) is 12.8. The van der Waals surface area contributed by atoms with Gasteiger partial charge in [0.15, 0.2) is 0 Å². The van der Waals surface area contributed by atoms with Crippen molar-refractivity contribution in [3.8, 4) is 5.75 Å². The van der Waals surface area contributed by atoms with Gasteiger partial charge in [-0.3, -0.25) is 0 Å². The minimum absolute atomic E-state index is 0.235. The van der Waals surface area contributed by atoms with Gasteiger partial charge in [-0.1, -0.05) is 31.2 Å². The van der Waals surface area contributed by atoms with E-state index >= 15 is 0 Å². The second-order valence-electron chi connectivity index (χ2n) is 4.75. The van der Waals surface area contributed by atoms with Crippen LogP contribution in [0, 0.1) is 12.7 Å². The Morgan fingerprint density at radius 1 is 1.10 bits per heavy atom. The molecule has 2 rings (SSSR count). The lowest BCUT2D eigenvalue weighted by molar-refractivity contribution is 0.301. The topological polar surface area (TPSA) is 21.3 Å². The Kier molecular flexibility index (Phi) is 5.13. The Morgan fingerprint density at radius 3 is 2.65 bits per heavy atom. The molecular formula is C17H20FNO. The van der Waals surface area contributed by atoms with Crippen molar-refractivity contribution in [2.45, 2.75) is 27.0 Å². The van der Waals surface area contributed by atoms with E-state index in [9.17, 15) is 4.39 Å². The number of aryl methyl sites for hydroxylation is 1. The van der Waals surface area contributed by atoms with Crippen LogP contribution in [0.5, 0.6) is 5.75 Å². The van der Waals surface area contributed by atoms with Crippen LogP contribution in [0.3, 0.4) is 0 Å². The molecule has 0 bridgehead atoms. The lowest BCUT2D eigenvalue weighted by Gasteiger charge is -2.13. The van der Waals surface area contributed by atoms with E-state index in [2.05, 4.69) is 18.3 Å². The molecule has 106 valence electrons. The third-order valence-electron chi connectivity index (χ3n) is 3.23. The normalized spacial score (nSPS) is 10.6. The average molecular weight is 273 g/mol. The van der Waals surface area contributed by atoms with Crippen molar-refractivity contribution in [1.82, 2.24) is 5.32 Å². The van der Waals surface area contributed by atoms with Crippen molar-refractivity contribution in [1.29, 1.82) is 0 Å². The molecule has 0 atom stereocenters. The van der Waals surface area contributed by atoms with Gasteiger partial charge < -0.3 is 10.1 Å². The molecule has 1 N–H and O–H groups in total. The fourth-order valence-corrected chi connectivity index (χ4v) is 2.01. The van der Waals surface area contributed by atoms with Crippen LogP contribution in [-0.4, -0.2) is 6.54 Å². The zero-order valence-corrected chi connectivity index (χ0v) is 11.9. The minimum Gasteiger partial charge on any atom is -0.489 e. The summed E-state index contributed by atoms with van der Waals surface area (Å²) in [7, 11) is 0. The zero-order chi connectivity index (χ0) is 14.4. The van der Waals surface area contributed by atoms with Gasteiger partial charge in [-0.05, 0) is 42.8 Å². The second kappa shape index (κ2) is 7.06. The summed E-state index contributed by atoms with van der Waals surface area (Å²) in [5.74, 6) is 0.497.